The zero-order valence-corrected chi connectivity index (χ0v) is 11.4. The third-order valence-corrected chi connectivity index (χ3v) is 3.94. The van der Waals surface area contributed by atoms with Gasteiger partial charge >= 0.3 is 0 Å². The first-order chi connectivity index (χ1) is 8.19. The van der Waals surface area contributed by atoms with Crippen molar-refractivity contribution in [1.29, 1.82) is 0 Å². The molecule has 0 aliphatic carbocycles. The van der Waals surface area contributed by atoms with Crippen LogP contribution in [0.2, 0.25) is 4.34 Å². The summed E-state index contributed by atoms with van der Waals surface area (Å²) in [5, 5.41) is 3.36. The lowest BCUT2D eigenvalue weighted by molar-refractivity contribution is 0.425. The molecule has 2 rings (SSSR count). The molecule has 0 amide bonds. The maximum Gasteiger partial charge on any atom is 0.208 e. The van der Waals surface area contributed by atoms with E-state index in [4.69, 9.17) is 16.0 Å². The Morgan fingerprint density at radius 3 is 2.94 bits per heavy atom. The fraction of sp³-hybridized carbons (Fsp3) is 0.417. The Balaban J connectivity index is 1.89. The summed E-state index contributed by atoms with van der Waals surface area (Å²) < 4.78 is 6.35. The fourth-order valence-corrected chi connectivity index (χ4v) is 2.58. The smallest absolute Gasteiger partial charge is 0.208 e. The van der Waals surface area contributed by atoms with E-state index in [9.17, 15) is 0 Å². The summed E-state index contributed by atoms with van der Waals surface area (Å²) >= 11 is 7.50. The van der Waals surface area contributed by atoms with Crippen molar-refractivity contribution < 1.29 is 4.42 Å². The first-order valence-electron chi connectivity index (χ1n) is 5.61. The number of hydrogen-bond donors (Lipinski definition) is 1. The second kappa shape index (κ2) is 5.67. The van der Waals surface area contributed by atoms with Crippen LogP contribution in [0.25, 0.3) is 0 Å². The Kier molecular flexibility index (Phi) is 4.20. The van der Waals surface area contributed by atoms with Gasteiger partial charge in [-0.2, -0.15) is 0 Å². The summed E-state index contributed by atoms with van der Waals surface area (Å²) in [5.41, 5.74) is 0. The van der Waals surface area contributed by atoms with Crippen molar-refractivity contribution in [2.24, 2.45) is 0 Å². The molecule has 0 aromatic carbocycles. The minimum Gasteiger partial charge on any atom is -0.444 e. The van der Waals surface area contributed by atoms with Crippen molar-refractivity contribution in [1.82, 2.24) is 10.3 Å². The van der Waals surface area contributed by atoms with E-state index < -0.39 is 0 Å². The monoisotopic (exact) mass is 270 g/mol. The largest absolute Gasteiger partial charge is 0.444 e. The van der Waals surface area contributed by atoms with Crippen molar-refractivity contribution in [3.8, 4) is 0 Å². The van der Waals surface area contributed by atoms with Crippen LogP contribution < -0.4 is 5.32 Å². The highest BCUT2D eigenvalue weighted by Crippen LogP contribution is 2.26. The van der Waals surface area contributed by atoms with Crippen LogP contribution in [0.1, 0.15) is 36.4 Å². The van der Waals surface area contributed by atoms with Gasteiger partial charge in [0.25, 0.3) is 0 Å². The number of oxazole rings is 1. The number of nitrogens with zero attached hydrogens (tertiary/aromatic N) is 1. The second-order valence-electron chi connectivity index (χ2n) is 3.82. The summed E-state index contributed by atoms with van der Waals surface area (Å²) in [7, 11) is 0. The summed E-state index contributed by atoms with van der Waals surface area (Å²) in [6.07, 6.45) is 2.66. The molecule has 1 unspecified atom stereocenters. The van der Waals surface area contributed by atoms with Gasteiger partial charge in [-0.3, -0.25) is 0 Å². The predicted molar refractivity (Wildman–Crippen MR) is 70.5 cm³/mol. The molecule has 2 aromatic heterocycles. The molecule has 0 fully saturated rings. The van der Waals surface area contributed by atoms with Crippen molar-refractivity contribution in [3.63, 3.8) is 0 Å². The third-order valence-electron chi connectivity index (χ3n) is 2.53. The van der Waals surface area contributed by atoms with Crippen molar-refractivity contribution >= 4 is 22.9 Å². The molecule has 0 saturated carbocycles. The highest BCUT2D eigenvalue weighted by Gasteiger charge is 2.09. The number of halogens is 1. The Hall–Kier alpha value is -0.840. The number of aryl methyl sites for hydroxylation is 1. The fourth-order valence-electron chi connectivity index (χ4n) is 1.50. The molecule has 1 N–H and O–H groups in total. The SMILES string of the molecule is CCc1cnc(CNC(C)c2ccc(Cl)s2)o1. The van der Waals surface area contributed by atoms with Crippen LogP contribution >= 0.6 is 22.9 Å². The molecule has 0 aliphatic heterocycles. The number of aromatic nitrogens is 1. The van der Waals surface area contributed by atoms with Crippen molar-refractivity contribution in [3.05, 3.63) is 39.2 Å². The number of rotatable bonds is 5. The van der Waals surface area contributed by atoms with E-state index in [1.165, 1.54) is 4.88 Å². The van der Waals surface area contributed by atoms with Gasteiger partial charge < -0.3 is 9.73 Å². The molecule has 0 bridgehead atoms. The minimum atomic E-state index is 0.254. The van der Waals surface area contributed by atoms with Crippen LogP contribution in [0.4, 0.5) is 0 Å². The van der Waals surface area contributed by atoms with E-state index in [1.54, 1.807) is 17.5 Å². The molecule has 17 heavy (non-hydrogen) atoms. The van der Waals surface area contributed by atoms with Crippen molar-refractivity contribution in [2.45, 2.75) is 32.9 Å². The molecular weight excluding hydrogens is 256 g/mol. The lowest BCUT2D eigenvalue weighted by Crippen LogP contribution is -2.17. The molecule has 1 atom stereocenters. The maximum atomic E-state index is 5.90. The quantitative estimate of drug-likeness (QED) is 0.898. The molecule has 0 aliphatic rings. The zero-order chi connectivity index (χ0) is 12.3. The number of nitrogens with one attached hydrogen (secondary N) is 1. The highest BCUT2D eigenvalue weighted by molar-refractivity contribution is 7.16. The molecule has 92 valence electrons. The maximum absolute atomic E-state index is 5.90. The van der Waals surface area contributed by atoms with Gasteiger partial charge in [-0.1, -0.05) is 18.5 Å². The molecule has 5 heteroatoms. The molecule has 0 spiro atoms. The molecule has 0 radical (unpaired) electrons. The summed E-state index contributed by atoms with van der Waals surface area (Å²) in [4.78, 5) is 5.43. The molecule has 3 nitrogen and oxygen atoms in total. The van der Waals surface area contributed by atoms with E-state index in [-0.39, 0.29) is 6.04 Å². The van der Waals surface area contributed by atoms with Crippen LogP contribution in [-0.4, -0.2) is 4.98 Å². The lowest BCUT2D eigenvalue weighted by Gasteiger charge is -2.09. The Bertz CT molecular complexity index is 480. The van der Waals surface area contributed by atoms with Gasteiger partial charge in [0, 0.05) is 17.3 Å². The van der Waals surface area contributed by atoms with Gasteiger partial charge in [-0.05, 0) is 19.1 Å². The summed E-state index contributed by atoms with van der Waals surface area (Å²) in [6.45, 7) is 4.79. The first kappa shape index (κ1) is 12.6. The Morgan fingerprint density at radius 2 is 2.35 bits per heavy atom. The molecular formula is C12H15ClN2OS. The van der Waals surface area contributed by atoms with E-state index in [2.05, 4.69) is 17.2 Å². The average molecular weight is 271 g/mol. The van der Waals surface area contributed by atoms with Crippen LogP contribution in [-0.2, 0) is 13.0 Å². The van der Waals surface area contributed by atoms with Gasteiger partial charge in [0.2, 0.25) is 5.89 Å². The lowest BCUT2D eigenvalue weighted by atomic mass is 10.3. The van der Waals surface area contributed by atoms with E-state index in [0.717, 1.165) is 22.4 Å². The number of thiophene rings is 1. The topological polar surface area (TPSA) is 38.1 Å². The molecule has 2 aromatic rings. The Labute approximate surface area is 110 Å². The summed E-state index contributed by atoms with van der Waals surface area (Å²) in [6, 6.07) is 4.21. The van der Waals surface area contributed by atoms with Gasteiger partial charge in [-0.15, -0.1) is 11.3 Å². The Morgan fingerprint density at radius 1 is 1.53 bits per heavy atom. The van der Waals surface area contributed by atoms with E-state index in [0.29, 0.717) is 6.54 Å². The predicted octanol–water partition coefficient (Wildman–Crippen LogP) is 3.80. The van der Waals surface area contributed by atoms with E-state index in [1.807, 2.05) is 19.1 Å². The van der Waals surface area contributed by atoms with Crippen LogP contribution in [0, 0.1) is 0 Å². The number of hydrogen-bond acceptors (Lipinski definition) is 4. The third kappa shape index (κ3) is 3.31. The van der Waals surface area contributed by atoms with Crippen LogP contribution in [0.5, 0.6) is 0 Å². The zero-order valence-electron chi connectivity index (χ0n) is 9.87. The highest BCUT2D eigenvalue weighted by atomic mass is 35.5. The normalized spacial score (nSPS) is 12.9. The molecule has 0 saturated heterocycles. The first-order valence-corrected chi connectivity index (χ1v) is 6.80. The average Bonchev–Trinajstić information content (AvgIpc) is 2.94. The molecule has 2 heterocycles. The van der Waals surface area contributed by atoms with E-state index >= 15 is 0 Å². The van der Waals surface area contributed by atoms with Gasteiger partial charge in [-0.25, -0.2) is 4.98 Å². The van der Waals surface area contributed by atoms with Crippen LogP contribution in [0.3, 0.4) is 0 Å². The van der Waals surface area contributed by atoms with Crippen LogP contribution in [0.15, 0.2) is 22.7 Å². The van der Waals surface area contributed by atoms with Gasteiger partial charge in [0.1, 0.15) is 5.76 Å². The second-order valence-corrected chi connectivity index (χ2v) is 5.56. The van der Waals surface area contributed by atoms with Gasteiger partial charge in [0.15, 0.2) is 0 Å². The minimum absolute atomic E-state index is 0.254. The summed E-state index contributed by atoms with van der Waals surface area (Å²) in [5.74, 6) is 1.66. The van der Waals surface area contributed by atoms with Gasteiger partial charge in [0.05, 0.1) is 17.1 Å². The van der Waals surface area contributed by atoms with Crippen molar-refractivity contribution in [2.75, 3.05) is 0 Å². The standard InChI is InChI=1S/C12H15ClN2OS/c1-3-9-6-15-12(16-9)7-14-8(2)10-4-5-11(13)17-10/h4-6,8,14H,3,7H2,1-2H3.